The first kappa shape index (κ1) is 12.0. The van der Waals surface area contributed by atoms with Crippen LogP contribution < -0.4 is 0 Å². The number of hydrogen-bond donors (Lipinski definition) is 2. The number of nitrogens with one attached hydrogen (secondary N) is 1. The summed E-state index contributed by atoms with van der Waals surface area (Å²) in [4.78, 5) is 11.0. The van der Waals surface area contributed by atoms with Crippen molar-refractivity contribution in [2.75, 3.05) is 0 Å². The maximum absolute atomic E-state index is 11.0. The highest BCUT2D eigenvalue weighted by molar-refractivity contribution is 5.85. The quantitative estimate of drug-likeness (QED) is 0.770. The molecule has 0 aliphatic heterocycles. The molecular weight excluding hydrogens is 216 g/mol. The summed E-state index contributed by atoms with van der Waals surface area (Å²) in [6.07, 6.45) is 1.39. The lowest BCUT2D eigenvalue weighted by Gasteiger charge is -2.24. The molecule has 0 saturated carbocycles. The molecule has 0 bridgehead atoms. The van der Waals surface area contributed by atoms with Gasteiger partial charge in [-0.3, -0.25) is 9.89 Å². The normalized spacial score (nSPS) is 24.1. The molecular formula is C10H15ClN2O2. The van der Waals surface area contributed by atoms with Crippen LogP contribution >= 0.6 is 12.4 Å². The van der Waals surface area contributed by atoms with Crippen LogP contribution in [0.1, 0.15) is 23.9 Å². The molecule has 1 heterocycles. The monoisotopic (exact) mass is 230 g/mol. The lowest BCUT2D eigenvalue weighted by atomic mass is 9.79. The first-order chi connectivity index (χ1) is 6.59. The number of rotatable bonds is 1. The minimum absolute atomic E-state index is 0. The van der Waals surface area contributed by atoms with Gasteiger partial charge in [0.05, 0.1) is 11.6 Å². The number of fused-ring (bicyclic) bond motifs is 1. The van der Waals surface area contributed by atoms with E-state index in [0.717, 1.165) is 23.4 Å². The molecule has 1 aliphatic carbocycles. The van der Waals surface area contributed by atoms with Crippen LogP contribution in [0.25, 0.3) is 0 Å². The zero-order valence-electron chi connectivity index (χ0n) is 8.78. The van der Waals surface area contributed by atoms with Crippen LogP contribution in [0.5, 0.6) is 0 Å². The van der Waals surface area contributed by atoms with Gasteiger partial charge in [-0.25, -0.2) is 0 Å². The second kappa shape index (κ2) is 4.23. The molecule has 1 aliphatic rings. The van der Waals surface area contributed by atoms with Crippen LogP contribution in [0, 0.1) is 18.8 Å². The first-order valence-electron chi connectivity index (χ1n) is 4.85. The Morgan fingerprint density at radius 2 is 2.20 bits per heavy atom. The number of carboxylic acid groups (broad SMARTS) is 1. The van der Waals surface area contributed by atoms with Gasteiger partial charge in [-0.1, -0.05) is 6.92 Å². The Morgan fingerprint density at radius 3 is 2.80 bits per heavy atom. The minimum Gasteiger partial charge on any atom is -0.481 e. The summed E-state index contributed by atoms with van der Waals surface area (Å²) < 4.78 is 0. The van der Waals surface area contributed by atoms with Crippen molar-refractivity contribution in [3.8, 4) is 0 Å². The van der Waals surface area contributed by atoms with E-state index in [2.05, 4.69) is 10.2 Å². The number of carbonyl (C=O) groups is 1. The molecule has 5 heteroatoms. The van der Waals surface area contributed by atoms with Crippen molar-refractivity contribution >= 4 is 18.4 Å². The van der Waals surface area contributed by atoms with Crippen LogP contribution in [0.2, 0.25) is 0 Å². The summed E-state index contributed by atoms with van der Waals surface area (Å²) >= 11 is 0. The van der Waals surface area contributed by atoms with E-state index in [4.69, 9.17) is 5.11 Å². The number of hydrogen-bond acceptors (Lipinski definition) is 2. The summed E-state index contributed by atoms with van der Waals surface area (Å²) in [6.45, 7) is 3.92. The van der Waals surface area contributed by atoms with E-state index in [-0.39, 0.29) is 24.2 Å². The van der Waals surface area contributed by atoms with Crippen molar-refractivity contribution in [3.05, 3.63) is 17.0 Å². The SMILES string of the molecule is Cc1[nH]nc2c1CC(C(=O)O)C(C)C2.Cl. The van der Waals surface area contributed by atoms with Gasteiger partial charge in [-0.15, -0.1) is 12.4 Å². The maximum Gasteiger partial charge on any atom is 0.307 e. The predicted octanol–water partition coefficient (Wildman–Crippen LogP) is 1.58. The third-order valence-corrected chi connectivity index (χ3v) is 3.10. The number of halogens is 1. The molecule has 84 valence electrons. The zero-order chi connectivity index (χ0) is 10.3. The van der Waals surface area contributed by atoms with Crippen molar-refractivity contribution in [2.24, 2.45) is 11.8 Å². The van der Waals surface area contributed by atoms with Crippen LogP contribution in [-0.2, 0) is 17.6 Å². The van der Waals surface area contributed by atoms with Crippen molar-refractivity contribution < 1.29 is 9.90 Å². The summed E-state index contributed by atoms with van der Waals surface area (Å²) in [5.41, 5.74) is 3.17. The number of H-pyrrole nitrogens is 1. The van der Waals surface area contributed by atoms with E-state index < -0.39 is 5.97 Å². The topological polar surface area (TPSA) is 66.0 Å². The largest absolute Gasteiger partial charge is 0.481 e. The molecule has 2 unspecified atom stereocenters. The van der Waals surface area contributed by atoms with Gasteiger partial charge in [0.1, 0.15) is 0 Å². The van der Waals surface area contributed by atoms with Crippen molar-refractivity contribution in [3.63, 3.8) is 0 Å². The minimum atomic E-state index is -0.691. The smallest absolute Gasteiger partial charge is 0.307 e. The first-order valence-corrected chi connectivity index (χ1v) is 4.85. The molecule has 0 saturated heterocycles. The molecule has 0 radical (unpaired) electrons. The molecule has 0 fully saturated rings. The summed E-state index contributed by atoms with van der Waals surface area (Å²) in [7, 11) is 0. The number of nitrogens with zero attached hydrogens (tertiary/aromatic N) is 1. The second-order valence-electron chi connectivity index (χ2n) is 4.10. The Morgan fingerprint density at radius 1 is 1.53 bits per heavy atom. The Kier molecular flexibility index (Phi) is 3.39. The van der Waals surface area contributed by atoms with Crippen LogP contribution in [0.15, 0.2) is 0 Å². The van der Waals surface area contributed by atoms with Crippen molar-refractivity contribution in [1.82, 2.24) is 10.2 Å². The highest BCUT2D eigenvalue weighted by Crippen LogP contribution is 2.30. The van der Waals surface area contributed by atoms with E-state index in [1.54, 1.807) is 0 Å². The third-order valence-electron chi connectivity index (χ3n) is 3.10. The lowest BCUT2D eigenvalue weighted by molar-refractivity contribution is -0.143. The fourth-order valence-electron chi connectivity index (χ4n) is 2.14. The van der Waals surface area contributed by atoms with Crippen LogP contribution in [-0.4, -0.2) is 21.3 Å². The number of aromatic amines is 1. The Hall–Kier alpha value is -1.03. The van der Waals surface area contributed by atoms with Gasteiger partial charge in [-0.2, -0.15) is 5.10 Å². The van der Waals surface area contributed by atoms with Crippen LogP contribution in [0.4, 0.5) is 0 Å². The van der Waals surface area contributed by atoms with Crippen LogP contribution in [0.3, 0.4) is 0 Å². The average Bonchev–Trinajstić information content (AvgIpc) is 2.46. The number of aromatic nitrogens is 2. The van der Waals surface area contributed by atoms with E-state index in [0.29, 0.717) is 6.42 Å². The van der Waals surface area contributed by atoms with Gasteiger partial charge in [0.2, 0.25) is 0 Å². The van der Waals surface area contributed by atoms with Crippen molar-refractivity contribution in [2.45, 2.75) is 26.7 Å². The molecule has 2 N–H and O–H groups in total. The van der Waals surface area contributed by atoms with E-state index in [9.17, 15) is 4.79 Å². The molecule has 0 aromatic carbocycles. The second-order valence-corrected chi connectivity index (χ2v) is 4.10. The molecule has 1 aromatic heterocycles. The van der Waals surface area contributed by atoms with Gasteiger partial charge in [0.15, 0.2) is 0 Å². The Balaban J connectivity index is 0.00000112. The van der Waals surface area contributed by atoms with Gasteiger partial charge >= 0.3 is 5.97 Å². The summed E-state index contributed by atoms with van der Waals surface area (Å²) in [6, 6.07) is 0. The fraction of sp³-hybridized carbons (Fsp3) is 0.600. The summed E-state index contributed by atoms with van der Waals surface area (Å²) in [5.74, 6) is -0.759. The van der Waals surface area contributed by atoms with Gasteiger partial charge in [0, 0.05) is 5.69 Å². The van der Waals surface area contributed by atoms with Gasteiger partial charge in [-0.05, 0) is 31.2 Å². The van der Waals surface area contributed by atoms with Gasteiger partial charge < -0.3 is 5.11 Å². The molecule has 1 aromatic rings. The molecule has 15 heavy (non-hydrogen) atoms. The highest BCUT2D eigenvalue weighted by atomic mass is 35.5. The third kappa shape index (κ3) is 2.00. The van der Waals surface area contributed by atoms with Crippen molar-refractivity contribution in [1.29, 1.82) is 0 Å². The van der Waals surface area contributed by atoms with E-state index in [1.165, 1.54) is 0 Å². The highest BCUT2D eigenvalue weighted by Gasteiger charge is 2.32. The van der Waals surface area contributed by atoms with Gasteiger partial charge in [0.25, 0.3) is 0 Å². The molecule has 2 rings (SSSR count). The van der Waals surface area contributed by atoms with E-state index in [1.807, 2.05) is 13.8 Å². The van der Waals surface area contributed by atoms with E-state index >= 15 is 0 Å². The molecule has 0 spiro atoms. The lowest BCUT2D eigenvalue weighted by Crippen LogP contribution is -2.29. The Labute approximate surface area is 94.5 Å². The Bertz CT molecular complexity index is 375. The average molecular weight is 231 g/mol. The zero-order valence-corrected chi connectivity index (χ0v) is 9.60. The number of carboxylic acids is 1. The molecule has 4 nitrogen and oxygen atoms in total. The standard InChI is InChI=1S/C10H14N2O2.ClH/c1-5-3-9-8(6(2)11-12-9)4-7(5)10(13)14;/h5,7H,3-4H2,1-2H3,(H,11,12)(H,13,14);1H. The molecule has 0 amide bonds. The molecule has 2 atom stereocenters. The number of aryl methyl sites for hydroxylation is 1. The summed E-state index contributed by atoms with van der Waals surface area (Å²) in [5, 5.41) is 16.1. The fourth-order valence-corrected chi connectivity index (χ4v) is 2.14. The predicted molar refractivity (Wildman–Crippen MR) is 58.3 cm³/mol. The maximum atomic E-state index is 11.0. The number of aliphatic carboxylic acids is 1.